The molecule has 0 aliphatic rings. The first-order chi connectivity index (χ1) is 11.9. The van der Waals surface area contributed by atoms with Crippen molar-refractivity contribution < 1.29 is 32.6 Å². The van der Waals surface area contributed by atoms with E-state index >= 15 is 0 Å². The Hall–Kier alpha value is -3.23. The summed E-state index contributed by atoms with van der Waals surface area (Å²) in [6, 6.07) is 5.19. The summed E-state index contributed by atoms with van der Waals surface area (Å²) in [6.07, 6.45) is 0.431. The minimum Gasteiger partial charge on any atom is -0.465 e. The lowest BCUT2D eigenvalue weighted by Gasteiger charge is -2.01. The molecule has 0 bridgehead atoms. The largest absolute Gasteiger partial charge is 0.465 e. The van der Waals surface area contributed by atoms with Crippen LogP contribution < -0.4 is 0 Å². The molecule has 0 radical (unpaired) electrons. The van der Waals surface area contributed by atoms with Crippen LogP contribution in [0.15, 0.2) is 36.7 Å². The van der Waals surface area contributed by atoms with Crippen molar-refractivity contribution in [2.24, 2.45) is 0 Å². The average Bonchev–Trinajstić information content (AvgIpc) is 2.67. The maximum absolute atomic E-state index is 12.1. The van der Waals surface area contributed by atoms with E-state index in [1.807, 2.05) is 0 Å². The molecule has 0 N–H and O–H groups in total. The SMILES string of the molecule is COC(=O)c1ccnc(C(F)F)c1.COC(=O)c1ccnc(C=O)c1. The maximum atomic E-state index is 12.1. The van der Waals surface area contributed by atoms with Gasteiger partial charge in [-0.2, -0.15) is 0 Å². The number of carbonyl (C=O) groups excluding carboxylic acids is 3. The first-order valence-electron chi connectivity index (χ1n) is 6.74. The third kappa shape index (κ3) is 6.05. The van der Waals surface area contributed by atoms with E-state index in [1.165, 1.54) is 38.6 Å². The second-order valence-corrected chi connectivity index (χ2v) is 4.34. The minimum atomic E-state index is -2.68. The van der Waals surface area contributed by atoms with Gasteiger partial charge < -0.3 is 9.47 Å². The van der Waals surface area contributed by atoms with E-state index in [4.69, 9.17) is 0 Å². The van der Waals surface area contributed by atoms with Crippen molar-refractivity contribution >= 4 is 18.2 Å². The van der Waals surface area contributed by atoms with Crippen molar-refractivity contribution in [3.05, 3.63) is 59.2 Å². The number of ether oxygens (including phenoxy) is 2. The number of nitrogens with zero attached hydrogens (tertiary/aromatic N) is 2. The molecule has 0 aliphatic heterocycles. The molecule has 25 heavy (non-hydrogen) atoms. The van der Waals surface area contributed by atoms with Crippen molar-refractivity contribution in [2.75, 3.05) is 14.2 Å². The van der Waals surface area contributed by atoms with Crippen LogP contribution in [0.25, 0.3) is 0 Å². The normalized spacial score (nSPS) is 9.64. The van der Waals surface area contributed by atoms with Gasteiger partial charge in [0.1, 0.15) is 11.4 Å². The third-order valence-corrected chi connectivity index (χ3v) is 2.75. The molecule has 0 spiro atoms. The number of alkyl halides is 2. The number of aldehydes is 1. The molecule has 0 saturated heterocycles. The van der Waals surface area contributed by atoms with Gasteiger partial charge in [0, 0.05) is 12.4 Å². The number of carbonyl (C=O) groups is 3. The zero-order valence-corrected chi connectivity index (χ0v) is 13.3. The van der Waals surface area contributed by atoms with Crippen molar-refractivity contribution in [1.82, 2.24) is 9.97 Å². The first kappa shape index (κ1) is 19.8. The number of halogens is 2. The summed E-state index contributed by atoms with van der Waals surface area (Å²) in [5, 5.41) is 0. The Morgan fingerprint density at radius 2 is 1.52 bits per heavy atom. The Morgan fingerprint density at radius 3 is 2.00 bits per heavy atom. The molecule has 7 nitrogen and oxygen atoms in total. The topological polar surface area (TPSA) is 95.5 Å². The summed E-state index contributed by atoms with van der Waals surface area (Å²) in [4.78, 5) is 39.2. The van der Waals surface area contributed by atoms with Crippen LogP contribution in [-0.4, -0.2) is 42.4 Å². The van der Waals surface area contributed by atoms with Crippen molar-refractivity contribution in [2.45, 2.75) is 6.43 Å². The van der Waals surface area contributed by atoms with E-state index in [0.29, 0.717) is 11.8 Å². The summed E-state index contributed by atoms with van der Waals surface area (Å²) in [7, 11) is 2.47. The molecular weight excluding hydrogens is 338 g/mol. The molecule has 2 heterocycles. The minimum absolute atomic E-state index is 0.0767. The summed E-state index contributed by atoms with van der Waals surface area (Å²) in [5.41, 5.74) is 0.197. The number of hydrogen-bond acceptors (Lipinski definition) is 7. The van der Waals surface area contributed by atoms with E-state index in [0.717, 1.165) is 12.3 Å². The highest BCUT2D eigenvalue weighted by Gasteiger charge is 2.12. The highest BCUT2D eigenvalue weighted by molar-refractivity contribution is 5.90. The highest BCUT2D eigenvalue weighted by atomic mass is 19.3. The van der Waals surface area contributed by atoms with Gasteiger partial charge in [0.15, 0.2) is 6.29 Å². The van der Waals surface area contributed by atoms with Crippen LogP contribution in [0.1, 0.15) is 43.3 Å². The lowest BCUT2D eigenvalue weighted by Crippen LogP contribution is -2.02. The van der Waals surface area contributed by atoms with Gasteiger partial charge in [-0.15, -0.1) is 0 Å². The molecule has 132 valence electrons. The predicted octanol–water partition coefficient (Wildman–Crippen LogP) is 2.49. The molecule has 0 amide bonds. The number of methoxy groups -OCH3 is 2. The van der Waals surface area contributed by atoms with Gasteiger partial charge in [-0.3, -0.25) is 14.8 Å². The van der Waals surface area contributed by atoms with Gasteiger partial charge >= 0.3 is 11.9 Å². The summed E-state index contributed by atoms with van der Waals surface area (Å²) < 4.78 is 33.0. The van der Waals surface area contributed by atoms with E-state index < -0.39 is 24.1 Å². The summed E-state index contributed by atoms with van der Waals surface area (Å²) in [5.74, 6) is -1.12. The van der Waals surface area contributed by atoms with Crippen LogP contribution in [0, 0.1) is 0 Å². The second kappa shape index (κ2) is 9.81. The molecule has 9 heteroatoms. The molecule has 0 fully saturated rings. The van der Waals surface area contributed by atoms with Gasteiger partial charge in [0.25, 0.3) is 6.43 Å². The fraction of sp³-hybridized carbons (Fsp3) is 0.188. The highest BCUT2D eigenvalue weighted by Crippen LogP contribution is 2.16. The zero-order valence-electron chi connectivity index (χ0n) is 13.3. The Kier molecular flexibility index (Phi) is 7.77. The summed E-state index contributed by atoms with van der Waals surface area (Å²) in [6.45, 7) is 0. The quantitative estimate of drug-likeness (QED) is 0.616. The number of esters is 2. The van der Waals surface area contributed by atoms with Crippen LogP contribution >= 0.6 is 0 Å². The maximum Gasteiger partial charge on any atom is 0.337 e. The van der Waals surface area contributed by atoms with Gasteiger partial charge in [0.05, 0.1) is 25.3 Å². The van der Waals surface area contributed by atoms with E-state index in [9.17, 15) is 23.2 Å². The van der Waals surface area contributed by atoms with Crippen LogP contribution in [0.5, 0.6) is 0 Å². The molecule has 2 rings (SSSR count). The Bertz CT molecular complexity index is 753. The molecule has 0 saturated carbocycles. The van der Waals surface area contributed by atoms with Gasteiger partial charge in [-0.05, 0) is 24.3 Å². The number of hydrogen-bond donors (Lipinski definition) is 0. The van der Waals surface area contributed by atoms with Gasteiger partial charge in [0.2, 0.25) is 0 Å². The smallest absolute Gasteiger partial charge is 0.337 e. The van der Waals surface area contributed by atoms with Crippen LogP contribution in [0.3, 0.4) is 0 Å². The van der Waals surface area contributed by atoms with Crippen molar-refractivity contribution in [3.63, 3.8) is 0 Å². The number of aromatic nitrogens is 2. The zero-order chi connectivity index (χ0) is 18.8. The lowest BCUT2D eigenvalue weighted by molar-refractivity contribution is 0.0591. The van der Waals surface area contributed by atoms with E-state index in [1.54, 1.807) is 0 Å². The van der Waals surface area contributed by atoms with Crippen molar-refractivity contribution in [1.29, 1.82) is 0 Å². The molecule has 0 atom stereocenters. The fourth-order valence-corrected chi connectivity index (χ4v) is 1.57. The Balaban J connectivity index is 0.000000251. The van der Waals surface area contributed by atoms with E-state index in [-0.39, 0.29) is 11.3 Å². The molecule has 2 aromatic rings. The second-order valence-electron chi connectivity index (χ2n) is 4.34. The van der Waals surface area contributed by atoms with Crippen LogP contribution in [-0.2, 0) is 9.47 Å². The monoisotopic (exact) mass is 352 g/mol. The van der Waals surface area contributed by atoms with Crippen molar-refractivity contribution in [3.8, 4) is 0 Å². The predicted molar refractivity (Wildman–Crippen MR) is 81.5 cm³/mol. The summed E-state index contributed by atoms with van der Waals surface area (Å²) >= 11 is 0. The molecule has 0 aliphatic carbocycles. The van der Waals surface area contributed by atoms with E-state index in [2.05, 4.69) is 19.4 Å². The Labute approximate surface area is 141 Å². The number of pyridine rings is 2. The standard InChI is InChI=1S/C8H7F2NO2.C8H7NO3/c1-13-8(12)5-2-3-11-6(4-5)7(9)10;1-12-8(11)6-2-3-9-7(4-6)5-10/h2-4,7H,1H3;2-5H,1H3. The third-order valence-electron chi connectivity index (χ3n) is 2.75. The molecule has 0 unspecified atom stereocenters. The molecule has 0 aromatic carbocycles. The van der Waals surface area contributed by atoms with Crippen LogP contribution in [0.4, 0.5) is 8.78 Å². The van der Waals surface area contributed by atoms with Gasteiger partial charge in [-0.25, -0.2) is 18.4 Å². The van der Waals surface area contributed by atoms with Crippen LogP contribution in [0.2, 0.25) is 0 Å². The average molecular weight is 352 g/mol. The fourth-order valence-electron chi connectivity index (χ4n) is 1.57. The Morgan fingerprint density at radius 1 is 1.00 bits per heavy atom. The number of rotatable bonds is 4. The van der Waals surface area contributed by atoms with Gasteiger partial charge in [-0.1, -0.05) is 0 Å². The molecular formula is C16H14F2N2O5. The first-order valence-corrected chi connectivity index (χ1v) is 6.74. The molecule has 2 aromatic heterocycles. The lowest BCUT2D eigenvalue weighted by atomic mass is 10.2.